The number of urea groups is 1. The molecular weight excluding hydrogens is 428 g/mol. The third kappa shape index (κ3) is 3.61. The van der Waals surface area contributed by atoms with Gasteiger partial charge >= 0.3 is 6.03 Å². The van der Waals surface area contributed by atoms with Crippen molar-refractivity contribution in [2.45, 2.75) is 12.5 Å². The number of amides is 5. The van der Waals surface area contributed by atoms with E-state index in [0.717, 1.165) is 4.90 Å². The number of anilines is 1. The fraction of sp³-hybridized carbons (Fsp3) is 0.158. The zero-order chi connectivity index (χ0) is 20.5. The Labute approximate surface area is 169 Å². The molecule has 1 atom stereocenters. The lowest BCUT2D eigenvalue weighted by atomic mass is 9.92. The summed E-state index contributed by atoms with van der Waals surface area (Å²) in [5.74, 6) is -1.65. The molecule has 0 aliphatic carbocycles. The SMILES string of the molecule is CC1(c2ccccc2Br)NC(=O)N(CC(=O)Nc2ccc(C(N)=O)cc2)C1=O. The number of hydrogen-bond acceptors (Lipinski definition) is 4. The van der Waals surface area contributed by atoms with Crippen molar-refractivity contribution in [2.24, 2.45) is 5.73 Å². The summed E-state index contributed by atoms with van der Waals surface area (Å²) in [5.41, 5.74) is 5.20. The third-order valence-corrected chi connectivity index (χ3v) is 5.13. The van der Waals surface area contributed by atoms with Gasteiger partial charge in [0.15, 0.2) is 0 Å². The first-order chi connectivity index (χ1) is 13.2. The van der Waals surface area contributed by atoms with Gasteiger partial charge in [0, 0.05) is 21.3 Å². The van der Waals surface area contributed by atoms with Gasteiger partial charge in [-0.3, -0.25) is 19.3 Å². The molecule has 1 aliphatic rings. The van der Waals surface area contributed by atoms with Crippen molar-refractivity contribution in [3.05, 3.63) is 64.1 Å². The van der Waals surface area contributed by atoms with Gasteiger partial charge in [-0.25, -0.2) is 4.79 Å². The van der Waals surface area contributed by atoms with Crippen molar-refractivity contribution in [3.8, 4) is 0 Å². The lowest BCUT2D eigenvalue weighted by molar-refractivity contribution is -0.133. The number of rotatable bonds is 5. The largest absolute Gasteiger partial charge is 0.366 e. The fourth-order valence-electron chi connectivity index (χ4n) is 2.95. The molecule has 0 aromatic heterocycles. The zero-order valence-corrected chi connectivity index (χ0v) is 16.4. The van der Waals surface area contributed by atoms with Crippen molar-refractivity contribution in [2.75, 3.05) is 11.9 Å². The summed E-state index contributed by atoms with van der Waals surface area (Å²) >= 11 is 3.39. The average molecular weight is 445 g/mol. The zero-order valence-electron chi connectivity index (χ0n) is 14.9. The molecule has 9 heteroatoms. The van der Waals surface area contributed by atoms with Crippen LogP contribution in [0.2, 0.25) is 0 Å². The Hall–Kier alpha value is -3.20. The highest BCUT2D eigenvalue weighted by Gasteiger charge is 2.50. The monoisotopic (exact) mass is 444 g/mol. The summed E-state index contributed by atoms with van der Waals surface area (Å²) in [6.45, 7) is 1.15. The molecule has 1 heterocycles. The van der Waals surface area contributed by atoms with E-state index in [1.807, 2.05) is 0 Å². The van der Waals surface area contributed by atoms with Gasteiger partial charge in [-0.1, -0.05) is 34.1 Å². The number of primary amides is 1. The van der Waals surface area contributed by atoms with Crippen molar-refractivity contribution in [1.82, 2.24) is 10.2 Å². The minimum absolute atomic E-state index is 0.302. The van der Waals surface area contributed by atoms with Gasteiger partial charge < -0.3 is 16.4 Å². The smallest absolute Gasteiger partial charge is 0.325 e. The number of nitrogens with one attached hydrogen (secondary N) is 2. The summed E-state index contributed by atoms with van der Waals surface area (Å²) in [6, 6.07) is 12.4. The Balaban J connectivity index is 1.73. The molecule has 8 nitrogen and oxygen atoms in total. The van der Waals surface area contributed by atoms with Crippen LogP contribution in [0.15, 0.2) is 53.0 Å². The predicted octanol–water partition coefficient (Wildman–Crippen LogP) is 1.95. The lowest BCUT2D eigenvalue weighted by Gasteiger charge is -2.23. The van der Waals surface area contributed by atoms with Gasteiger partial charge in [0.25, 0.3) is 5.91 Å². The number of benzene rings is 2. The highest BCUT2D eigenvalue weighted by molar-refractivity contribution is 9.10. The maximum Gasteiger partial charge on any atom is 0.325 e. The van der Waals surface area contributed by atoms with E-state index in [0.29, 0.717) is 21.3 Å². The number of nitrogens with two attached hydrogens (primary N) is 1. The Morgan fingerprint density at radius 3 is 2.39 bits per heavy atom. The van der Waals surface area contributed by atoms with Crippen LogP contribution < -0.4 is 16.4 Å². The van der Waals surface area contributed by atoms with Crippen LogP contribution in [0.3, 0.4) is 0 Å². The Kier molecular flexibility index (Phi) is 5.19. The van der Waals surface area contributed by atoms with E-state index in [1.165, 1.54) is 24.3 Å². The molecule has 0 saturated carbocycles. The van der Waals surface area contributed by atoms with Crippen LogP contribution in [0.4, 0.5) is 10.5 Å². The van der Waals surface area contributed by atoms with Crippen LogP contribution in [-0.2, 0) is 15.1 Å². The molecular formula is C19H17BrN4O4. The molecule has 1 saturated heterocycles. The van der Waals surface area contributed by atoms with Crippen LogP contribution in [0.5, 0.6) is 0 Å². The molecule has 4 N–H and O–H groups in total. The molecule has 0 radical (unpaired) electrons. The van der Waals surface area contributed by atoms with Gasteiger partial charge in [0.1, 0.15) is 12.1 Å². The molecule has 5 amide bonds. The molecule has 2 aromatic rings. The van der Waals surface area contributed by atoms with Gasteiger partial charge in [0.05, 0.1) is 0 Å². The maximum absolute atomic E-state index is 12.9. The van der Waals surface area contributed by atoms with E-state index in [-0.39, 0.29) is 0 Å². The van der Waals surface area contributed by atoms with Crippen LogP contribution >= 0.6 is 15.9 Å². The van der Waals surface area contributed by atoms with Gasteiger partial charge in [0.2, 0.25) is 11.8 Å². The second kappa shape index (κ2) is 7.43. The standard InChI is InChI=1S/C19H17BrN4O4/c1-19(13-4-2-3-5-14(13)20)17(27)24(18(28)23-19)10-15(25)22-12-8-6-11(7-9-12)16(21)26/h2-9H,10H2,1H3,(H2,21,26)(H,22,25)(H,23,28). The second-order valence-electron chi connectivity index (χ2n) is 6.42. The first-order valence-electron chi connectivity index (χ1n) is 8.31. The van der Waals surface area contributed by atoms with E-state index in [2.05, 4.69) is 26.6 Å². The molecule has 1 fully saturated rings. The quantitative estimate of drug-likeness (QED) is 0.609. The van der Waals surface area contributed by atoms with Gasteiger partial charge in [-0.2, -0.15) is 0 Å². The number of hydrogen-bond donors (Lipinski definition) is 3. The normalized spacial score (nSPS) is 18.7. The highest BCUT2D eigenvalue weighted by atomic mass is 79.9. The number of carbonyl (C=O) groups excluding carboxylic acids is 4. The summed E-state index contributed by atoms with van der Waals surface area (Å²) in [4.78, 5) is 49.5. The molecule has 28 heavy (non-hydrogen) atoms. The molecule has 3 rings (SSSR count). The fourth-order valence-corrected chi connectivity index (χ4v) is 3.63. The van der Waals surface area contributed by atoms with Crippen molar-refractivity contribution in [3.63, 3.8) is 0 Å². The van der Waals surface area contributed by atoms with E-state index in [1.54, 1.807) is 31.2 Å². The number of imide groups is 1. The molecule has 1 aliphatic heterocycles. The van der Waals surface area contributed by atoms with Gasteiger partial charge in [-0.15, -0.1) is 0 Å². The van der Waals surface area contributed by atoms with Crippen LogP contribution in [-0.4, -0.2) is 35.2 Å². The van der Waals surface area contributed by atoms with E-state index >= 15 is 0 Å². The summed E-state index contributed by atoms with van der Waals surface area (Å²) in [5, 5.41) is 5.23. The lowest BCUT2D eigenvalue weighted by Crippen LogP contribution is -2.42. The second-order valence-corrected chi connectivity index (χ2v) is 7.27. The minimum Gasteiger partial charge on any atom is -0.366 e. The van der Waals surface area contributed by atoms with Crippen molar-refractivity contribution >= 4 is 45.4 Å². The Morgan fingerprint density at radius 1 is 1.14 bits per heavy atom. The minimum atomic E-state index is -1.28. The molecule has 2 aromatic carbocycles. The van der Waals surface area contributed by atoms with Gasteiger partial charge in [-0.05, 0) is 37.3 Å². The average Bonchev–Trinajstić information content (AvgIpc) is 2.86. The summed E-state index contributed by atoms with van der Waals surface area (Å²) in [7, 11) is 0. The molecule has 1 unspecified atom stereocenters. The summed E-state index contributed by atoms with van der Waals surface area (Å²) < 4.78 is 0.673. The Morgan fingerprint density at radius 2 is 1.79 bits per heavy atom. The van der Waals surface area contributed by atoms with Crippen LogP contribution in [0.1, 0.15) is 22.8 Å². The molecule has 0 bridgehead atoms. The van der Waals surface area contributed by atoms with Crippen molar-refractivity contribution in [1.29, 1.82) is 0 Å². The summed E-state index contributed by atoms with van der Waals surface area (Å²) in [6.07, 6.45) is 0. The maximum atomic E-state index is 12.9. The number of carbonyl (C=O) groups is 4. The highest BCUT2D eigenvalue weighted by Crippen LogP contribution is 2.33. The molecule has 0 spiro atoms. The third-order valence-electron chi connectivity index (χ3n) is 4.44. The predicted molar refractivity (Wildman–Crippen MR) is 105 cm³/mol. The Bertz CT molecular complexity index is 976. The van der Waals surface area contributed by atoms with E-state index < -0.39 is 35.8 Å². The van der Waals surface area contributed by atoms with Crippen LogP contribution in [0, 0.1) is 0 Å². The van der Waals surface area contributed by atoms with E-state index in [4.69, 9.17) is 5.73 Å². The first kappa shape index (κ1) is 19.6. The number of nitrogens with zero attached hydrogens (tertiary/aromatic N) is 1. The topological polar surface area (TPSA) is 122 Å². The van der Waals surface area contributed by atoms with Crippen molar-refractivity contribution < 1.29 is 19.2 Å². The molecule has 144 valence electrons. The number of halogens is 1. The van der Waals surface area contributed by atoms with Crippen LogP contribution in [0.25, 0.3) is 0 Å². The van der Waals surface area contributed by atoms with E-state index in [9.17, 15) is 19.2 Å². The first-order valence-corrected chi connectivity index (χ1v) is 9.10.